The van der Waals surface area contributed by atoms with Gasteiger partial charge in [0.25, 0.3) is 5.91 Å². The first kappa shape index (κ1) is 11.9. The molecule has 0 saturated carbocycles. The number of hydrogen-bond donors (Lipinski definition) is 3. The minimum absolute atomic E-state index is 0.252. The highest BCUT2D eigenvalue weighted by Crippen LogP contribution is 2.32. The fraction of sp³-hybridized carbons (Fsp3) is 0.133. The van der Waals surface area contributed by atoms with Gasteiger partial charge in [0.15, 0.2) is 11.9 Å². The number of carbonyl (C=O) groups is 1. The van der Waals surface area contributed by atoms with Crippen LogP contribution < -0.4 is 10.6 Å². The molecule has 19 heavy (non-hydrogen) atoms. The summed E-state index contributed by atoms with van der Waals surface area (Å²) in [6.07, 6.45) is -1.05. The van der Waals surface area contributed by atoms with Crippen molar-refractivity contribution in [3.63, 3.8) is 0 Å². The second-order valence-corrected chi connectivity index (χ2v) is 4.50. The van der Waals surface area contributed by atoms with Crippen molar-refractivity contribution in [2.24, 2.45) is 0 Å². The maximum atomic E-state index is 12.4. The van der Waals surface area contributed by atoms with Gasteiger partial charge in [0.05, 0.1) is 0 Å². The molecule has 0 aromatic heterocycles. The van der Waals surface area contributed by atoms with Gasteiger partial charge in [-0.25, -0.2) is 0 Å². The Morgan fingerprint density at radius 1 is 0.895 bits per heavy atom. The van der Waals surface area contributed by atoms with Gasteiger partial charge in [-0.15, -0.1) is 0 Å². The highest BCUT2D eigenvalue weighted by molar-refractivity contribution is 5.93. The van der Waals surface area contributed by atoms with Crippen LogP contribution in [0.2, 0.25) is 0 Å². The smallest absolute Gasteiger partial charge is 0.252 e. The molecule has 1 amide bonds. The fourth-order valence-electron chi connectivity index (χ4n) is 2.51. The van der Waals surface area contributed by atoms with Crippen molar-refractivity contribution in [1.29, 1.82) is 0 Å². The number of amides is 1. The van der Waals surface area contributed by atoms with E-state index >= 15 is 0 Å². The van der Waals surface area contributed by atoms with Crippen LogP contribution in [0.5, 0.6) is 0 Å². The predicted octanol–water partition coefficient (Wildman–Crippen LogP) is 0.925. The molecule has 0 spiro atoms. The standard InChI is InChI=1S/C15H14N2O2/c18-13-15(17-14(19)16-13,11-7-3-1-4-8-11)12-9-5-2-6-10-12/h1-10,14,17,19H,(H,16,18). The van der Waals surface area contributed by atoms with Crippen LogP contribution in [0.4, 0.5) is 0 Å². The van der Waals surface area contributed by atoms with Crippen LogP contribution in [0.15, 0.2) is 60.7 Å². The van der Waals surface area contributed by atoms with E-state index in [1.807, 2.05) is 60.7 Å². The zero-order valence-corrected chi connectivity index (χ0v) is 10.2. The van der Waals surface area contributed by atoms with E-state index in [2.05, 4.69) is 10.6 Å². The normalized spacial score (nSPS) is 21.1. The molecule has 1 fully saturated rings. The summed E-state index contributed by atoms with van der Waals surface area (Å²) in [5.41, 5.74) is 0.563. The first-order valence-corrected chi connectivity index (χ1v) is 6.11. The lowest BCUT2D eigenvalue weighted by molar-refractivity contribution is -0.123. The average molecular weight is 254 g/mol. The largest absolute Gasteiger partial charge is 0.361 e. The summed E-state index contributed by atoms with van der Waals surface area (Å²) in [5.74, 6) is -0.252. The molecule has 1 atom stereocenters. The minimum atomic E-state index is -1.05. The molecule has 2 aromatic rings. The van der Waals surface area contributed by atoms with Crippen molar-refractivity contribution < 1.29 is 9.90 Å². The van der Waals surface area contributed by atoms with Gasteiger partial charge >= 0.3 is 0 Å². The Labute approximate surface area is 111 Å². The zero-order valence-electron chi connectivity index (χ0n) is 10.2. The van der Waals surface area contributed by atoms with E-state index in [1.54, 1.807) is 0 Å². The first-order valence-electron chi connectivity index (χ1n) is 6.11. The monoisotopic (exact) mass is 254 g/mol. The SMILES string of the molecule is O=C1NC(O)NC1(c1ccccc1)c1ccccc1. The topological polar surface area (TPSA) is 61.4 Å². The average Bonchev–Trinajstić information content (AvgIpc) is 2.76. The Morgan fingerprint density at radius 3 is 1.74 bits per heavy atom. The molecule has 0 bridgehead atoms. The molecule has 1 unspecified atom stereocenters. The summed E-state index contributed by atoms with van der Waals surface area (Å²) < 4.78 is 0. The highest BCUT2D eigenvalue weighted by atomic mass is 16.3. The van der Waals surface area contributed by atoms with Gasteiger partial charge in [0.1, 0.15) is 0 Å². The number of carbonyl (C=O) groups excluding carboxylic acids is 1. The van der Waals surface area contributed by atoms with E-state index in [0.717, 1.165) is 11.1 Å². The van der Waals surface area contributed by atoms with Crippen molar-refractivity contribution in [3.8, 4) is 0 Å². The molecule has 4 nitrogen and oxygen atoms in total. The molecule has 1 aliphatic rings. The zero-order chi connectivity index (χ0) is 13.3. The molecule has 0 aliphatic carbocycles. The third kappa shape index (κ3) is 1.82. The van der Waals surface area contributed by atoms with Crippen LogP contribution in [-0.2, 0) is 10.3 Å². The Kier molecular flexibility index (Phi) is 2.81. The van der Waals surface area contributed by atoms with Crippen molar-refractivity contribution in [2.75, 3.05) is 0 Å². The number of benzene rings is 2. The van der Waals surface area contributed by atoms with Crippen molar-refractivity contribution in [2.45, 2.75) is 11.9 Å². The highest BCUT2D eigenvalue weighted by Gasteiger charge is 2.48. The molecule has 96 valence electrons. The van der Waals surface area contributed by atoms with Gasteiger partial charge in [-0.05, 0) is 11.1 Å². The summed E-state index contributed by atoms with van der Waals surface area (Å²) >= 11 is 0. The number of nitrogens with one attached hydrogen (secondary N) is 2. The van der Waals surface area contributed by atoms with Gasteiger partial charge < -0.3 is 10.4 Å². The maximum absolute atomic E-state index is 12.4. The molecular weight excluding hydrogens is 240 g/mol. The number of hydrogen-bond acceptors (Lipinski definition) is 3. The first-order chi connectivity index (χ1) is 9.23. The van der Waals surface area contributed by atoms with Crippen molar-refractivity contribution in [1.82, 2.24) is 10.6 Å². The molecule has 1 heterocycles. The van der Waals surface area contributed by atoms with E-state index in [-0.39, 0.29) is 5.91 Å². The lowest BCUT2D eigenvalue weighted by Gasteiger charge is -2.27. The Hall–Kier alpha value is -2.17. The van der Waals surface area contributed by atoms with Gasteiger partial charge in [-0.2, -0.15) is 0 Å². The Bertz CT molecular complexity index is 544. The molecule has 2 aromatic carbocycles. The third-order valence-electron chi connectivity index (χ3n) is 3.38. The quantitative estimate of drug-likeness (QED) is 0.747. The minimum Gasteiger partial charge on any atom is -0.361 e. The van der Waals surface area contributed by atoms with Crippen LogP contribution in [-0.4, -0.2) is 17.4 Å². The molecule has 3 rings (SSSR count). The Morgan fingerprint density at radius 2 is 1.37 bits per heavy atom. The molecule has 4 heteroatoms. The van der Waals surface area contributed by atoms with Gasteiger partial charge in [0.2, 0.25) is 0 Å². The number of rotatable bonds is 2. The summed E-state index contributed by atoms with van der Waals surface area (Å²) in [6, 6.07) is 18.8. The summed E-state index contributed by atoms with van der Waals surface area (Å²) in [5, 5.41) is 15.2. The van der Waals surface area contributed by atoms with Crippen LogP contribution in [0.1, 0.15) is 11.1 Å². The van der Waals surface area contributed by atoms with Gasteiger partial charge in [-0.3, -0.25) is 10.1 Å². The summed E-state index contributed by atoms with van der Waals surface area (Å²) in [6.45, 7) is 0. The molecular formula is C15H14N2O2. The molecule has 1 saturated heterocycles. The van der Waals surface area contributed by atoms with E-state index in [0.29, 0.717) is 0 Å². The Balaban J connectivity index is 2.20. The molecule has 3 N–H and O–H groups in total. The van der Waals surface area contributed by atoms with Crippen molar-refractivity contribution >= 4 is 5.91 Å². The lowest BCUT2D eigenvalue weighted by atomic mass is 9.83. The van der Waals surface area contributed by atoms with Crippen LogP contribution in [0.3, 0.4) is 0 Å². The lowest BCUT2D eigenvalue weighted by Crippen LogP contribution is -2.45. The van der Waals surface area contributed by atoms with E-state index in [9.17, 15) is 9.90 Å². The van der Waals surface area contributed by atoms with E-state index in [1.165, 1.54) is 0 Å². The third-order valence-corrected chi connectivity index (χ3v) is 3.38. The maximum Gasteiger partial charge on any atom is 0.252 e. The summed E-state index contributed by atoms with van der Waals surface area (Å²) in [4.78, 5) is 12.4. The van der Waals surface area contributed by atoms with E-state index < -0.39 is 11.9 Å². The van der Waals surface area contributed by atoms with E-state index in [4.69, 9.17) is 0 Å². The number of aliphatic hydroxyl groups is 1. The summed E-state index contributed by atoms with van der Waals surface area (Å²) in [7, 11) is 0. The molecule has 1 aliphatic heterocycles. The van der Waals surface area contributed by atoms with Crippen molar-refractivity contribution in [3.05, 3.63) is 71.8 Å². The predicted molar refractivity (Wildman–Crippen MR) is 70.9 cm³/mol. The van der Waals surface area contributed by atoms with Crippen LogP contribution >= 0.6 is 0 Å². The van der Waals surface area contributed by atoms with Crippen LogP contribution in [0.25, 0.3) is 0 Å². The van der Waals surface area contributed by atoms with Gasteiger partial charge in [0, 0.05) is 0 Å². The van der Waals surface area contributed by atoms with Crippen LogP contribution in [0, 0.1) is 0 Å². The second-order valence-electron chi connectivity index (χ2n) is 4.50. The number of aliphatic hydroxyl groups excluding tert-OH is 1. The van der Waals surface area contributed by atoms with Gasteiger partial charge in [-0.1, -0.05) is 60.7 Å². The fourth-order valence-corrected chi connectivity index (χ4v) is 2.51. The second kappa shape index (κ2) is 4.50. The molecule has 0 radical (unpaired) electrons.